The Kier molecular flexibility index (Phi) is 6.69. The molecule has 0 aliphatic rings. The van der Waals surface area contributed by atoms with Crippen molar-refractivity contribution in [3.8, 4) is 11.5 Å². The second-order valence-electron chi connectivity index (χ2n) is 5.06. The van der Waals surface area contributed by atoms with E-state index < -0.39 is 17.9 Å². The number of hydrogen-bond donors (Lipinski definition) is 2. The summed E-state index contributed by atoms with van der Waals surface area (Å²) in [6.07, 6.45) is 0. The van der Waals surface area contributed by atoms with Gasteiger partial charge in [-0.1, -0.05) is 13.8 Å². The van der Waals surface area contributed by atoms with Crippen LogP contribution in [0.25, 0.3) is 0 Å². The van der Waals surface area contributed by atoms with E-state index in [2.05, 4.69) is 5.32 Å². The minimum atomic E-state index is -1.06. The van der Waals surface area contributed by atoms with Crippen LogP contribution < -0.4 is 14.8 Å². The summed E-state index contributed by atoms with van der Waals surface area (Å²) >= 11 is 0. The molecule has 0 unspecified atom stereocenters. The van der Waals surface area contributed by atoms with Crippen LogP contribution in [0.1, 0.15) is 38.1 Å². The van der Waals surface area contributed by atoms with Gasteiger partial charge in [-0.2, -0.15) is 0 Å². The number of hydrogen-bond acceptors (Lipinski definition) is 4. The molecule has 0 aliphatic heterocycles. The van der Waals surface area contributed by atoms with E-state index in [0.29, 0.717) is 30.3 Å². The molecule has 0 radical (unpaired) electrons. The van der Waals surface area contributed by atoms with Gasteiger partial charge in [0.25, 0.3) is 5.91 Å². The van der Waals surface area contributed by atoms with E-state index in [-0.39, 0.29) is 5.92 Å². The van der Waals surface area contributed by atoms with Gasteiger partial charge < -0.3 is 19.9 Å². The average molecular weight is 309 g/mol. The zero-order valence-corrected chi connectivity index (χ0v) is 13.4. The third-order valence-corrected chi connectivity index (χ3v) is 3.02. The number of nitrogens with one attached hydrogen (secondary N) is 1. The number of carbonyl (C=O) groups is 2. The van der Waals surface area contributed by atoms with Crippen LogP contribution in [0.3, 0.4) is 0 Å². The van der Waals surface area contributed by atoms with E-state index in [9.17, 15) is 9.59 Å². The molecule has 0 fully saturated rings. The van der Waals surface area contributed by atoms with Gasteiger partial charge in [-0.05, 0) is 38.0 Å². The second kappa shape index (κ2) is 8.26. The Morgan fingerprint density at radius 3 is 2.23 bits per heavy atom. The Hall–Kier alpha value is -2.24. The lowest BCUT2D eigenvalue weighted by Gasteiger charge is -2.18. The van der Waals surface area contributed by atoms with Crippen LogP contribution in [0.15, 0.2) is 18.2 Å². The Balaban J connectivity index is 2.98. The van der Waals surface area contributed by atoms with Gasteiger partial charge in [-0.25, -0.2) is 4.79 Å². The zero-order valence-electron chi connectivity index (χ0n) is 13.4. The van der Waals surface area contributed by atoms with Crippen molar-refractivity contribution in [3.63, 3.8) is 0 Å². The molecular weight excluding hydrogens is 286 g/mol. The number of carbonyl (C=O) groups excluding carboxylic acids is 1. The molecule has 6 heteroatoms. The van der Waals surface area contributed by atoms with Gasteiger partial charge in [-0.15, -0.1) is 0 Å². The van der Waals surface area contributed by atoms with Crippen LogP contribution in [-0.4, -0.2) is 36.2 Å². The smallest absolute Gasteiger partial charge is 0.326 e. The number of carboxylic acid groups (broad SMARTS) is 1. The minimum Gasteiger partial charge on any atom is -0.490 e. The predicted molar refractivity (Wildman–Crippen MR) is 82.5 cm³/mol. The number of ether oxygens (including phenoxy) is 2. The molecule has 1 aromatic carbocycles. The van der Waals surface area contributed by atoms with Crippen molar-refractivity contribution < 1.29 is 24.2 Å². The lowest BCUT2D eigenvalue weighted by Crippen LogP contribution is -2.44. The summed E-state index contributed by atoms with van der Waals surface area (Å²) in [4.78, 5) is 23.4. The van der Waals surface area contributed by atoms with Crippen molar-refractivity contribution in [2.24, 2.45) is 5.92 Å². The average Bonchev–Trinajstić information content (AvgIpc) is 2.46. The van der Waals surface area contributed by atoms with Gasteiger partial charge in [0.2, 0.25) is 0 Å². The third-order valence-electron chi connectivity index (χ3n) is 3.02. The summed E-state index contributed by atoms with van der Waals surface area (Å²) < 4.78 is 10.9. The predicted octanol–water partition coefficient (Wildman–Crippen LogP) is 2.32. The summed E-state index contributed by atoms with van der Waals surface area (Å²) in [5, 5.41) is 11.7. The molecule has 0 heterocycles. The van der Waals surface area contributed by atoms with Gasteiger partial charge in [0.15, 0.2) is 11.5 Å². The second-order valence-corrected chi connectivity index (χ2v) is 5.06. The quantitative estimate of drug-likeness (QED) is 0.770. The van der Waals surface area contributed by atoms with Gasteiger partial charge in [0.05, 0.1) is 13.2 Å². The molecule has 1 aromatic rings. The normalized spacial score (nSPS) is 11.9. The first-order valence-corrected chi connectivity index (χ1v) is 7.34. The molecule has 1 amide bonds. The molecule has 6 nitrogen and oxygen atoms in total. The number of benzene rings is 1. The van der Waals surface area contributed by atoms with Gasteiger partial charge in [-0.3, -0.25) is 4.79 Å². The Morgan fingerprint density at radius 1 is 1.14 bits per heavy atom. The summed E-state index contributed by atoms with van der Waals surface area (Å²) in [6.45, 7) is 8.10. The van der Waals surface area contributed by atoms with Crippen molar-refractivity contribution in [1.29, 1.82) is 0 Å². The molecule has 0 saturated carbocycles. The number of aliphatic carboxylic acids is 1. The van der Waals surface area contributed by atoms with Crippen LogP contribution in [0.4, 0.5) is 0 Å². The van der Waals surface area contributed by atoms with Crippen LogP contribution in [-0.2, 0) is 4.79 Å². The minimum absolute atomic E-state index is 0.212. The van der Waals surface area contributed by atoms with E-state index in [1.54, 1.807) is 32.0 Å². The monoisotopic (exact) mass is 309 g/mol. The maximum Gasteiger partial charge on any atom is 0.326 e. The van der Waals surface area contributed by atoms with Crippen molar-refractivity contribution in [2.45, 2.75) is 33.7 Å². The highest BCUT2D eigenvalue weighted by atomic mass is 16.5. The van der Waals surface area contributed by atoms with Crippen molar-refractivity contribution in [2.75, 3.05) is 13.2 Å². The van der Waals surface area contributed by atoms with Crippen molar-refractivity contribution in [1.82, 2.24) is 5.32 Å². The van der Waals surface area contributed by atoms with Crippen molar-refractivity contribution in [3.05, 3.63) is 23.8 Å². The lowest BCUT2D eigenvalue weighted by atomic mass is 10.0. The fraction of sp³-hybridized carbons (Fsp3) is 0.500. The molecule has 0 spiro atoms. The summed E-state index contributed by atoms with van der Waals surface area (Å²) in [5.74, 6) is -0.701. The molecule has 0 bridgehead atoms. The van der Waals surface area contributed by atoms with Crippen molar-refractivity contribution >= 4 is 11.9 Å². The summed E-state index contributed by atoms with van der Waals surface area (Å²) in [5.41, 5.74) is 0.332. The maximum atomic E-state index is 12.2. The first-order valence-electron chi connectivity index (χ1n) is 7.34. The topological polar surface area (TPSA) is 84.9 Å². The Labute approximate surface area is 130 Å². The molecule has 1 rings (SSSR count). The van der Waals surface area contributed by atoms with E-state index in [4.69, 9.17) is 14.6 Å². The SMILES string of the molecule is CCOc1ccc(C(=O)N[C@H](C(=O)O)C(C)C)cc1OCC. The Bertz CT molecular complexity index is 527. The third kappa shape index (κ3) is 4.65. The maximum absolute atomic E-state index is 12.2. The standard InChI is InChI=1S/C16H23NO5/c1-5-21-12-8-7-11(9-13(12)22-6-2)15(18)17-14(10(3)4)16(19)20/h7-10,14H,5-6H2,1-4H3,(H,17,18)(H,19,20)/t14-/m0/s1. The number of amides is 1. The fourth-order valence-corrected chi connectivity index (χ4v) is 1.93. The highest BCUT2D eigenvalue weighted by Crippen LogP contribution is 2.28. The van der Waals surface area contributed by atoms with Gasteiger partial charge in [0.1, 0.15) is 6.04 Å². The molecule has 0 aliphatic carbocycles. The first kappa shape index (κ1) is 17.8. The largest absolute Gasteiger partial charge is 0.490 e. The highest BCUT2D eigenvalue weighted by Gasteiger charge is 2.24. The van der Waals surface area contributed by atoms with E-state index in [1.165, 1.54) is 0 Å². The number of carboxylic acids is 1. The Morgan fingerprint density at radius 2 is 1.73 bits per heavy atom. The fourth-order valence-electron chi connectivity index (χ4n) is 1.93. The zero-order chi connectivity index (χ0) is 16.7. The molecular formula is C16H23NO5. The summed E-state index contributed by atoms with van der Waals surface area (Å²) in [7, 11) is 0. The van der Waals surface area contributed by atoms with Crippen LogP contribution in [0.2, 0.25) is 0 Å². The van der Waals surface area contributed by atoms with Gasteiger partial charge >= 0.3 is 5.97 Å². The molecule has 0 saturated heterocycles. The molecule has 22 heavy (non-hydrogen) atoms. The van der Waals surface area contributed by atoms with Crippen LogP contribution >= 0.6 is 0 Å². The number of rotatable bonds is 8. The van der Waals surface area contributed by atoms with Crippen LogP contribution in [0, 0.1) is 5.92 Å². The lowest BCUT2D eigenvalue weighted by molar-refractivity contribution is -0.140. The molecule has 122 valence electrons. The molecule has 1 atom stereocenters. The van der Waals surface area contributed by atoms with Gasteiger partial charge in [0, 0.05) is 5.56 Å². The highest BCUT2D eigenvalue weighted by molar-refractivity contribution is 5.97. The molecule has 2 N–H and O–H groups in total. The van der Waals surface area contributed by atoms with E-state index in [1.807, 2.05) is 13.8 Å². The van der Waals surface area contributed by atoms with E-state index >= 15 is 0 Å². The molecule has 0 aromatic heterocycles. The summed E-state index contributed by atoms with van der Waals surface area (Å²) in [6, 6.07) is 3.86. The first-order chi connectivity index (χ1) is 10.4. The van der Waals surface area contributed by atoms with Crippen LogP contribution in [0.5, 0.6) is 11.5 Å². The van der Waals surface area contributed by atoms with E-state index in [0.717, 1.165) is 0 Å².